The van der Waals surface area contributed by atoms with Gasteiger partial charge in [-0.1, -0.05) is 18.6 Å². The summed E-state index contributed by atoms with van der Waals surface area (Å²) in [6.07, 6.45) is 8.20. The van der Waals surface area contributed by atoms with E-state index in [0.29, 0.717) is 77.7 Å². The van der Waals surface area contributed by atoms with Gasteiger partial charge in [0, 0.05) is 79.3 Å². The van der Waals surface area contributed by atoms with Gasteiger partial charge in [-0.15, -0.1) is 5.06 Å². The van der Waals surface area contributed by atoms with Gasteiger partial charge in [-0.3, -0.25) is 9.59 Å². The molecular formula is C40H47N3O15S3-2. The van der Waals surface area contributed by atoms with Crippen LogP contribution in [-0.2, 0) is 59.7 Å². The number of hydrogen-bond acceptors (Lipinski definition) is 16. The number of imide groups is 1. The molecule has 21 heteroatoms. The maximum absolute atomic E-state index is 12.4. The topological polar surface area (TPSA) is 264 Å². The molecule has 1 aliphatic carbocycles. The number of hydroxylamine groups is 2. The number of carbonyl (C=O) groups is 3. The fourth-order valence-electron chi connectivity index (χ4n) is 7.52. The van der Waals surface area contributed by atoms with E-state index in [0.717, 1.165) is 5.56 Å². The summed E-state index contributed by atoms with van der Waals surface area (Å²) in [5.41, 5.74) is 1.99. The molecule has 0 spiro atoms. The summed E-state index contributed by atoms with van der Waals surface area (Å²) in [5, 5.41) is 1.20. The highest BCUT2D eigenvalue weighted by molar-refractivity contribution is 7.86. The molecule has 4 aliphatic rings. The number of allylic oxidation sites excluding steroid dienone is 3. The Morgan fingerprint density at radius 3 is 2.26 bits per heavy atom. The van der Waals surface area contributed by atoms with Crippen LogP contribution in [0, 0.1) is 0 Å². The van der Waals surface area contributed by atoms with Crippen molar-refractivity contribution in [2.75, 3.05) is 49.8 Å². The molecule has 332 valence electrons. The van der Waals surface area contributed by atoms with Crippen molar-refractivity contribution < 1.29 is 67.3 Å². The molecule has 2 amide bonds. The lowest BCUT2D eigenvalue weighted by molar-refractivity contribution is -0.197. The van der Waals surface area contributed by atoms with Crippen molar-refractivity contribution in [1.82, 2.24) is 9.64 Å². The molecule has 3 aliphatic heterocycles. The second kappa shape index (κ2) is 20.0. The largest absolute Gasteiger partial charge is 0.748 e. The molecule has 3 heterocycles. The minimum atomic E-state index is -4.89. The summed E-state index contributed by atoms with van der Waals surface area (Å²) < 4.78 is 118. The molecule has 0 saturated carbocycles. The number of amides is 2. The Kier molecular flexibility index (Phi) is 15.5. The van der Waals surface area contributed by atoms with Crippen LogP contribution in [0.1, 0.15) is 75.8 Å². The number of ether oxygens (including phenoxy) is 1. The van der Waals surface area contributed by atoms with Crippen LogP contribution in [0.4, 0.5) is 5.69 Å². The van der Waals surface area contributed by atoms with Crippen LogP contribution < -0.4 is 14.8 Å². The lowest BCUT2D eigenvalue weighted by atomic mass is 9.77. The predicted octanol–water partition coefficient (Wildman–Crippen LogP) is 2.81. The lowest BCUT2D eigenvalue weighted by Crippen LogP contribution is -2.34. The molecule has 1 saturated heterocycles. The van der Waals surface area contributed by atoms with Gasteiger partial charge in [-0.25, -0.2) is 34.6 Å². The number of benzene rings is 2. The molecule has 5 rings (SSSR count). The molecule has 61 heavy (non-hydrogen) atoms. The average Bonchev–Trinajstić information content (AvgIpc) is 3.61. The van der Waals surface area contributed by atoms with Crippen molar-refractivity contribution in [2.45, 2.75) is 75.0 Å². The standard InChI is InChI=1S/C40H49N3O15S3/c1-40(19-7-25-59(47,48)49)33-28-31(61(53,54)55)13-15-34(33)42(21-5-3-4-11-39(46)58-43-37(44)16-17-38(43)45)36(40)10-6-9-29-18-23-57-35-27-30(12-14-32(29)35)41(22-24-56-2)20-8-26-60(50,51)52/h6,9-10,12-15,18,23,27-28H,3-5,7-8,11,16-17,19-22,24-26H2,1-2H3,(H2-,47,48,49,50,51,52,53,54,55)/p-2. The van der Waals surface area contributed by atoms with Crippen molar-refractivity contribution in [3.05, 3.63) is 83.1 Å². The summed E-state index contributed by atoms with van der Waals surface area (Å²) in [7, 11) is -12.3. The maximum atomic E-state index is 12.4. The van der Waals surface area contributed by atoms with Crippen molar-refractivity contribution in [1.29, 1.82) is 0 Å². The van der Waals surface area contributed by atoms with Crippen LogP contribution in [0.15, 0.2) is 75.9 Å². The molecule has 1 fully saturated rings. The molecule has 0 radical (unpaired) electrons. The number of fused-ring (bicyclic) bond motifs is 2. The fourth-order valence-corrected chi connectivity index (χ4v) is 9.00. The van der Waals surface area contributed by atoms with Crippen LogP contribution in [0.3, 0.4) is 0 Å². The summed E-state index contributed by atoms with van der Waals surface area (Å²) in [5.74, 6) is -2.59. The first-order chi connectivity index (χ1) is 28.7. The van der Waals surface area contributed by atoms with E-state index in [2.05, 4.69) is 0 Å². The molecule has 0 N–H and O–H groups in total. The Labute approximate surface area is 354 Å². The zero-order chi connectivity index (χ0) is 44.6. The quantitative estimate of drug-likeness (QED) is 0.0644. The molecular weight excluding hydrogens is 859 g/mol. The second-order valence-electron chi connectivity index (χ2n) is 14.9. The normalized spacial score (nSPS) is 18.5. The van der Waals surface area contributed by atoms with Crippen LogP contribution in [0.5, 0.6) is 0 Å². The molecule has 18 nitrogen and oxygen atoms in total. The van der Waals surface area contributed by atoms with Crippen LogP contribution in [0.2, 0.25) is 0 Å². The average molecular weight is 906 g/mol. The zero-order valence-electron chi connectivity index (χ0n) is 33.6. The van der Waals surface area contributed by atoms with Gasteiger partial charge in [0.25, 0.3) is 11.8 Å². The SMILES string of the molecule is COCC[N+](CCCS(=O)(=O)[O-])=c1ccc2c(/C=C/C=C3/N(CCCCCC(=O)ON4C(=O)CCC4=O)c4ccc(S(=O)(=O)[O-])cc4C3(C)CCCS(=O)(=O)[O-])ccoc-2c1. The molecule has 0 bridgehead atoms. The van der Waals surface area contributed by atoms with E-state index in [1.165, 1.54) is 31.6 Å². The van der Waals surface area contributed by atoms with Gasteiger partial charge < -0.3 is 32.5 Å². The van der Waals surface area contributed by atoms with Crippen molar-refractivity contribution in [2.24, 2.45) is 0 Å². The summed E-state index contributed by atoms with van der Waals surface area (Å²) in [4.78, 5) is 42.5. The third kappa shape index (κ3) is 12.6. The van der Waals surface area contributed by atoms with Crippen LogP contribution in [0.25, 0.3) is 17.4 Å². The minimum Gasteiger partial charge on any atom is -0.748 e. The van der Waals surface area contributed by atoms with Crippen LogP contribution in [-0.4, -0.2) is 107 Å². The van der Waals surface area contributed by atoms with E-state index in [1.54, 1.807) is 31.2 Å². The predicted molar refractivity (Wildman–Crippen MR) is 217 cm³/mol. The smallest absolute Gasteiger partial charge is 0.333 e. The number of hydrogen-bond donors (Lipinski definition) is 0. The van der Waals surface area contributed by atoms with Crippen LogP contribution >= 0.6 is 0 Å². The van der Waals surface area contributed by atoms with Crippen molar-refractivity contribution in [3.8, 4) is 11.3 Å². The number of rotatable bonds is 21. The van der Waals surface area contributed by atoms with E-state index in [1.807, 2.05) is 27.7 Å². The van der Waals surface area contributed by atoms with Crippen molar-refractivity contribution >= 4 is 59.9 Å². The first-order valence-corrected chi connectivity index (χ1v) is 24.1. The van der Waals surface area contributed by atoms with E-state index in [-0.39, 0.29) is 45.1 Å². The molecule has 1 aromatic rings. The first-order valence-electron chi connectivity index (χ1n) is 19.5. The fraction of sp³-hybridized carbons (Fsp3) is 0.450. The Bertz CT molecular complexity index is 2550. The third-order valence-corrected chi connectivity index (χ3v) is 12.9. The number of anilines is 1. The van der Waals surface area contributed by atoms with E-state index in [4.69, 9.17) is 14.0 Å². The number of methoxy groups -OCH3 is 1. The number of unbranched alkanes of at least 4 members (excludes halogenated alkanes) is 2. The minimum absolute atomic E-state index is 0.0280. The van der Waals surface area contributed by atoms with E-state index < -0.39 is 70.0 Å². The molecule has 0 aromatic heterocycles. The first kappa shape index (κ1) is 47.3. The Balaban J connectivity index is 1.46. The molecule has 1 unspecified atom stereocenters. The Hall–Kier alpha value is -4.77. The molecule has 1 aromatic carbocycles. The van der Waals surface area contributed by atoms with Gasteiger partial charge in [-0.05, 0) is 80.1 Å². The van der Waals surface area contributed by atoms with Gasteiger partial charge >= 0.3 is 5.97 Å². The summed E-state index contributed by atoms with van der Waals surface area (Å²) >= 11 is 0. The van der Waals surface area contributed by atoms with Gasteiger partial charge in [0.15, 0.2) is 6.54 Å². The maximum Gasteiger partial charge on any atom is 0.333 e. The Morgan fingerprint density at radius 2 is 1.59 bits per heavy atom. The van der Waals surface area contributed by atoms with E-state index >= 15 is 0 Å². The van der Waals surface area contributed by atoms with Gasteiger partial charge in [0.1, 0.15) is 29.0 Å². The number of nitrogens with zero attached hydrogens (tertiary/aromatic N) is 3. The third-order valence-electron chi connectivity index (χ3n) is 10.5. The van der Waals surface area contributed by atoms with Gasteiger partial charge in [0.2, 0.25) is 5.36 Å². The monoisotopic (exact) mass is 905 g/mol. The highest BCUT2D eigenvalue weighted by Crippen LogP contribution is 2.51. The van der Waals surface area contributed by atoms with Gasteiger partial charge in [-0.2, -0.15) is 0 Å². The Morgan fingerprint density at radius 1 is 0.885 bits per heavy atom. The lowest BCUT2D eigenvalue weighted by Gasteiger charge is -2.31. The zero-order valence-corrected chi connectivity index (χ0v) is 36.1. The highest BCUT2D eigenvalue weighted by atomic mass is 32.2. The number of carbonyl (C=O) groups excluding carboxylic acids is 3. The highest BCUT2D eigenvalue weighted by Gasteiger charge is 2.43. The van der Waals surface area contributed by atoms with Gasteiger partial charge in [0.05, 0.1) is 37.5 Å². The van der Waals surface area contributed by atoms with E-state index in [9.17, 15) is 53.3 Å². The summed E-state index contributed by atoms with van der Waals surface area (Å²) in [6.45, 7) is 3.16. The van der Waals surface area contributed by atoms with Crippen molar-refractivity contribution in [3.63, 3.8) is 0 Å². The second-order valence-corrected chi connectivity index (χ2v) is 19.3. The molecule has 1 atom stereocenters. The summed E-state index contributed by atoms with van der Waals surface area (Å²) in [6, 6.07) is 11.2.